The van der Waals surface area contributed by atoms with E-state index in [-0.39, 0.29) is 50.7 Å². The van der Waals surface area contributed by atoms with Gasteiger partial charge in [0.1, 0.15) is 18.6 Å². The van der Waals surface area contributed by atoms with Gasteiger partial charge in [0.2, 0.25) is 17.7 Å². The molecule has 0 aromatic carbocycles. The largest absolute Gasteiger partial charge is 0.481 e. The molecule has 0 radical (unpaired) electrons. The maximum Gasteiger partial charge on any atom is 0.322 e. The fraction of sp³-hybridized carbons (Fsp3) is 0.632. The first-order valence-corrected chi connectivity index (χ1v) is 11.0. The molecule has 3 unspecified atom stereocenters. The van der Waals surface area contributed by atoms with Crippen molar-refractivity contribution in [2.75, 3.05) is 19.6 Å². The molecule has 0 fully saturated rings. The number of carboxylic acids is 2. The molecule has 0 aliphatic heterocycles. The van der Waals surface area contributed by atoms with E-state index in [1.54, 1.807) is 0 Å². The summed E-state index contributed by atoms with van der Waals surface area (Å²) in [7, 11) is 0. The SMILES string of the molecule is NC(N)=NCCCC(N)C(=O)NC(CCC(=O)O)C(=O)NC(CCCN=C(N)N)C(=O)NCC(=O)O. The molecule has 0 heterocycles. The number of aliphatic imine (C=N–C) groups is 2. The van der Waals surface area contributed by atoms with Crippen molar-refractivity contribution >= 4 is 41.6 Å². The van der Waals surface area contributed by atoms with E-state index in [0.29, 0.717) is 6.42 Å². The summed E-state index contributed by atoms with van der Waals surface area (Å²) in [5, 5.41) is 24.7. The number of carbonyl (C=O) groups excluding carboxylic acids is 3. The van der Waals surface area contributed by atoms with Crippen LogP contribution in [-0.2, 0) is 24.0 Å². The maximum absolute atomic E-state index is 12.9. The molecule has 17 heteroatoms. The molecule has 3 atom stereocenters. The highest BCUT2D eigenvalue weighted by molar-refractivity contribution is 5.93. The monoisotopic (exact) mass is 516 g/mol. The van der Waals surface area contributed by atoms with Gasteiger partial charge in [-0.3, -0.25) is 34.0 Å². The number of hydrogen-bond donors (Lipinski definition) is 10. The van der Waals surface area contributed by atoms with Gasteiger partial charge in [0.25, 0.3) is 0 Å². The molecule has 0 spiro atoms. The minimum absolute atomic E-state index is 0.0257. The van der Waals surface area contributed by atoms with Crippen molar-refractivity contribution in [3.63, 3.8) is 0 Å². The number of aliphatic carboxylic acids is 2. The Bertz CT molecular complexity index is 825. The molecule has 0 aromatic heterocycles. The summed E-state index contributed by atoms with van der Waals surface area (Å²) >= 11 is 0. The smallest absolute Gasteiger partial charge is 0.322 e. The quantitative estimate of drug-likeness (QED) is 0.0467. The summed E-state index contributed by atoms with van der Waals surface area (Å²) in [6.45, 7) is -0.318. The second kappa shape index (κ2) is 17.3. The Kier molecular flexibility index (Phi) is 15.3. The van der Waals surface area contributed by atoms with Gasteiger partial charge >= 0.3 is 11.9 Å². The standard InChI is InChI=1S/C19H36N10O7/c20-10(3-1-7-25-18(21)22)15(34)28-12(5-6-13(30)31)17(36)29-11(4-2-8-26-19(23)24)16(35)27-9-14(32)33/h10-12H,1-9,20H2,(H,27,35)(H,28,34)(H,29,36)(H,30,31)(H,32,33)(H4,21,22,25)(H4,23,24,26). The van der Waals surface area contributed by atoms with Crippen molar-refractivity contribution in [1.82, 2.24) is 16.0 Å². The molecular weight excluding hydrogens is 480 g/mol. The van der Waals surface area contributed by atoms with Crippen LogP contribution in [0.15, 0.2) is 9.98 Å². The molecule has 0 aliphatic carbocycles. The van der Waals surface area contributed by atoms with Gasteiger partial charge in [0, 0.05) is 19.5 Å². The number of rotatable bonds is 18. The van der Waals surface area contributed by atoms with Crippen molar-refractivity contribution in [3.05, 3.63) is 0 Å². The van der Waals surface area contributed by atoms with Gasteiger partial charge in [-0.2, -0.15) is 0 Å². The van der Waals surface area contributed by atoms with E-state index < -0.39 is 60.8 Å². The second-order valence-electron chi connectivity index (χ2n) is 7.67. The van der Waals surface area contributed by atoms with Crippen LogP contribution in [0.2, 0.25) is 0 Å². The number of nitrogens with one attached hydrogen (secondary N) is 3. The van der Waals surface area contributed by atoms with Crippen molar-refractivity contribution in [1.29, 1.82) is 0 Å². The van der Waals surface area contributed by atoms with E-state index in [2.05, 4.69) is 25.9 Å². The summed E-state index contributed by atoms with van der Waals surface area (Å²) in [5.74, 6) is -5.16. The summed E-state index contributed by atoms with van der Waals surface area (Å²) in [6, 6.07) is -3.57. The van der Waals surface area contributed by atoms with Crippen LogP contribution in [0.3, 0.4) is 0 Å². The molecule has 15 N–H and O–H groups in total. The molecule has 0 aliphatic rings. The zero-order valence-electron chi connectivity index (χ0n) is 19.8. The third-order valence-corrected chi connectivity index (χ3v) is 4.58. The fourth-order valence-electron chi connectivity index (χ4n) is 2.80. The van der Waals surface area contributed by atoms with Crippen LogP contribution in [-0.4, -0.2) is 89.6 Å². The zero-order chi connectivity index (χ0) is 27.7. The van der Waals surface area contributed by atoms with Crippen LogP contribution < -0.4 is 44.6 Å². The molecule has 0 bridgehead atoms. The van der Waals surface area contributed by atoms with Crippen LogP contribution in [0.25, 0.3) is 0 Å². The molecular formula is C19H36N10O7. The summed E-state index contributed by atoms with van der Waals surface area (Å²) < 4.78 is 0. The minimum Gasteiger partial charge on any atom is -0.481 e. The van der Waals surface area contributed by atoms with Crippen molar-refractivity contribution < 1.29 is 34.2 Å². The van der Waals surface area contributed by atoms with Gasteiger partial charge in [-0.25, -0.2) is 0 Å². The minimum atomic E-state index is -1.33. The van der Waals surface area contributed by atoms with Gasteiger partial charge in [0.15, 0.2) is 11.9 Å². The lowest BCUT2D eigenvalue weighted by atomic mass is 10.1. The summed E-state index contributed by atoms with van der Waals surface area (Å²) in [5.41, 5.74) is 26.8. The fourth-order valence-corrected chi connectivity index (χ4v) is 2.80. The Hall–Kier alpha value is -4.15. The summed E-state index contributed by atoms with van der Waals surface area (Å²) in [6.07, 6.45) is 0.0819. The van der Waals surface area contributed by atoms with E-state index in [1.807, 2.05) is 0 Å². The van der Waals surface area contributed by atoms with Gasteiger partial charge in [-0.1, -0.05) is 0 Å². The number of carboxylic acid groups (broad SMARTS) is 2. The van der Waals surface area contributed by atoms with E-state index in [9.17, 15) is 24.0 Å². The molecule has 3 amide bonds. The van der Waals surface area contributed by atoms with E-state index >= 15 is 0 Å². The lowest BCUT2D eigenvalue weighted by Crippen LogP contribution is -2.56. The third-order valence-electron chi connectivity index (χ3n) is 4.58. The maximum atomic E-state index is 12.9. The van der Waals surface area contributed by atoms with E-state index in [0.717, 1.165) is 0 Å². The van der Waals surface area contributed by atoms with Crippen molar-refractivity contribution in [2.24, 2.45) is 38.7 Å². The molecule has 0 saturated carbocycles. The predicted octanol–water partition coefficient (Wildman–Crippen LogP) is -4.54. The van der Waals surface area contributed by atoms with Crippen molar-refractivity contribution in [3.8, 4) is 0 Å². The van der Waals surface area contributed by atoms with Crippen LogP contribution >= 0.6 is 0 Å². The van der Waals surface area contributed by atoms with E-state index in [1.165, 1.54) is 0 Å². The first-order valence-electron chi connectivity index (χ1n) is 11.0. The number of nitrogens with two attached hydrogens (primary N) is 5. The van der Waals surface area contributed by atoms with Crippen molar-refractivity contribution in [2.45, 2.75) is 56.7 Å². The second-order valence-corrected chi connectivity index (χ2v) is 7.67. The first-order chi connectivity index (χ1) is 16.8. The Morgan fingerprint density at radius 2 is 1.19 bits per heavy atom. The third kappa shape index (κ3) is 15.6. The highest BCUT2D eigenvalue weighted by atomic mass is 16.4. The topological polar surface area (TPSA) is 317 Å². The Balaban J connectivity index is 5.33. The molecule has 17 nitrogen and oxygen atoms in total. The average molecular weight is 517 g/mol. The Morgan fingerprint density at radius 3 is 1.69 bits per heavy atom. The molecule has 0 saturated heterocycles. The highest BCUT2D eigenvalue weighted by Crippen LogP contribution is 2.05. The molecule has 204 valence electrons. The van der Waals surface area contributed by atoms with Gasteiger partial charge in [-0.15, -0.1) is 0 Å². The number of carbonyl (C=O) groups is 5. The average Bonchev–Trinajstić information content (AvgIpc) is 2.78. The Morgan fingerprint density at radius 1 is 0.694 bits per heavy atom. The predicted molar refractivity (Wildman–Crippen MR) is 129 cm³/mol. The van der Waals surface area contributed by atoms with Gasteiger partial charge in [-0.05, 0) is 32.1 Å². The van der Waals surface area contributed by atoms with E-state index in [4.69, 9.17) is 38.9 Å². The van der Waals surface area contributed by atoms with Crippen LogP contribution in [0, 0.1) is 0 Å². The lowest BCUT2D eigenvalue weighted by Gasteiger charge is -2.24. The van der Waals surface area contributed by atoms with Crippen LogP contribution in [0.4, 0.5) is 0 Å². The molecule has 0 rings (SSSR count). The van der Waals surface area contributed by atoms with Crippen LogP contribution in [0.5, 0.6) is 0 Å². The Labute approximate surface area is 207 Å². The first kappa shape index (κ1) is 31.8. The van der Waals surface area contributed by atoms with Crippen LogP contribution in [0.1, 0.15) is 38.5 Å². The number of hydrogen-bond acceptors (Lipinski definition) is 8. The number of amides is 3. The lowest BCUT2D eigenvalue weighted by molar-refractivity contribution is -0.138. The number of nitrogens with zero attached hydrogens (tertiary/aromatic N) is 2. The summed E-state index contributed by atoms with van der Waals surface area (Å²) in [4.78, 5) is 67.1. The molecule has 36 heavy (non-hydrogen) atoms. The van der Waals surface area contributed by atoms with Gasteiger partial charge < -0.3 is 54.8 Å². The zero-order valence-corrected chi connectivity index (χ0v) is 19.8. The molecule has 0 aromatic rings. The number of guanidine groups is 2. The highest BCUT2D eigenvalue weighted by Gasteiger charge is 2.28. The normalized spacial score (nSPS) is 12.8. The van der Waals surface area contributed by atoms with Gasteiger partial charge in [0.05, 0.1) is 6.04 Å².